The second kappa shape index (κ2) is 7.38. The van der Waals surface area contributed by atoms with Gasteiger partial charge >= 0.3 is 0 Å². The molecule has 0 aromatic carbocycles. The highest BCUT2D eigenvalue weighted by Gasteiger charge is 2.30. The van der Waals surface area contributed by atoms with Crippen molar-refractivity contribution in [2.75, 3.05) is 13.2 Å². The number of amides is 1. The normalized spacial score (nSPS) is 24.3. The second-order valence-electron chi connectivity index (χ2n) is 3.84. The van der Waals surface area contributed by atoms with Crippen LogP contribution in [0.15, 0.2) is 12.7 Å². The molecule has 16 heavy (non-hydrogen) atoms. The number of unbranched alkanes of at least 4 members (excludes halogenated alkanes) is 1. The zero-order valence-electron chi connectivity index (χ0n) is 9.48. The Bertz CT molecular complexity index is 233. The second-order valence-corrected chi connectivity index (χ2v) is 3.84. The van der Waals surface area contributed by atoms with Gasteiger partial charge in [0, 0.05) is 6.61 Å². The number of nitrogens with two attached hydrogens (primary N) is 1. The van der Waals surface area contributed by atoms with Crippen molar-refractivity contribution in [3.63, 3.8) is 0 Å². The lowest BCUT2D eigenvalue weighted by Crippen LogP contribution is -2.39. The maximum atomic E-state index is 11.2. The molecule has 1 aliphatic heterocycles. The summed E-state index contributed by atoms with van der Waals surface area (Å²) in [6.07, 6.45) is 4.98. The highest BCUT2D eigenvalue weighted by atomic mass is 16.5. The number of ether oxygens (including phenoxy) is 2. The Hall–Kier alpha value is -0.910. The zero-order chi connectivity index (χ0) is 11.8. The van der Waals surface area contributed by atoms with Gasteiger partial charge in [-0.25, -0.2) is 5.84 Å². The average molecular weight is 228 g/mol. The van der Waals surface area contributed by atoms with Crippen molar-refractivity contribution in [3.8, 4) is 0 Å². The van der Waals surface area contributed by atoms with E-state index in [1.165, 1.54) is 0 Å². The molecule has 1 fully saturated rings. The molecule has 5 nitrogen and oxygen atoms in total. The summed E-state index contributed by atoms with van der Waals surface area (Å²) in [7, 11) is 0. The first kappa shape index (κ1) is 13.2. The average Bonchev–Trinajstić information content (AvgIpc) is 2.76. The summed E-state index contributed by atoms with van der Waals surface area (Å²) in [4.78, 5) is 11.2. The van der Waals surface area contributed by atoms with Gasteiger partial charge in [-0.3, -0.25) is 10.2 Å². The molecule has 1 amide bonds. The van der Waals surface area contributed by atoms with E-state index in [2.05, 4.69) is 12.0 Å². The third-order valence-corrected chi connectivity index (χ3v) is 2.54. The number of carbonyl (C=O) groups is 1. The number of carbonyl (C=O) groups excluding carboxylic acids is 1. The van der Waals surface area contributed by atoms with Crippen molar-refractivity contribution in [1.82, 2.24) is 5.43 Å². The highest BCUT2D eigenvalue weighted by Crippen LogP contribution is 2.19. The quantitative estimate of drug-likeness (QED) is 0.219. The predicted octanol–water partition coefficient (Wildman–Crippen LogP) is 0.507. The fourth-order valence-electron chi connectivity index (χ4n) is 1.66. The van der Waals surface area contributed by atoms with Gasteiger partial charge in [0.2, 0.25) is 0 Å². The van der Waals surface area contributed by atoms with E-state index in [9.17, 15) is 4.79 Å². The molecule has 0 spiro atoms. The monoisotopic (exact) mass is 228 g/mol. The summed E-state index contributed by atoms with van der Waals surface area (Å²) >= 11 is 0. The number of hydrazine groups is 1. The van der Waals surface area contributed by atoms with Gasteiger partial charge in [-0.2, -0.15) is 0 Å². The molecule has 5 heteroatoms. The molecule has 0 aromatic heterocycles. The van der Waals surface area contributed by atoms with Crippen molar-refractivity contribution in [3.05, 3.63) is 12.7 Å². The molecule has 1 heterocycles. The van der Waals surface area contributed by atoms with Crippen molar-refractivity contribution in [1.29, 1.82) is 0 Å². The maximum absolute atomic E-state index is 11.2. The summed E-state index contributed by atoms with van der Waals surface area (Å²) in [6.45, 7) is 4.89. The van der Waals surface area contributed by atoms with Crippen molar-refractivity contribution in [2.24, 2.45) is 5.84 Å². The molecule has 0 aliphatic carbocycles. The summed E-state index contributed by atoms with van der Waals surface area (Å²) in [5.74, 6) is 4.78. The molecule has 1 saturated heterocycles. The van der Waals surface area contributed by atoms with Crippen molar-refractivity contribution < 1.29 is 14.3 Å². The van der Waals surface area contributed by atoms with Gasteiger partial charge in [0.05, 0.1) is 12.7 Å². The summed E-state index contributed by atoms with van der Waals surface area (Å²) in [5.41, 5.74) is 2.10. The molecule has 1 rings (SSSR count). The van der Waals surface area contributed by atoms with Crippen LogP contribution >= 0.6 is 0 Å². The molecular formula is C11H20N2O3. The van der Waals surface area contributed by atoms with E-state index in [4.69, 9.17) is 15.3 Å². The topological polar surface area (TPSA) is 73.6 Å². The maximum Gasteiger partial charge on any atom is 0.263 e. The van der Waals surface area contributed by atoms with E-state index in [0.29, 0.717) is 19.6 Å². The molecule has 1 aliphatic rings. The Labute approximate surface area is 95.9 Å². The standard InChI is InChI=1S/C11H20N2O3/c1-2-3-4-7-15-8-9-5-6-10(16-9)11(14)13-12/h2,9-10H,1,3-8,12H2,(H,13,14). The van der Waals surface area contributed by atoms with Gasteiger partial charge in [0.25, 0.3) is 5.91 Å². The Balaban J connectivity index is 2.07. The Kier molecular flexibility index (Phi) is 6.07. The van der Waals surface area contributed by atoms with E-state index in [0.717, 1.165) is 19.3 Å². The number of rotatable bonds is 7. The lowest BCUT2D eigenvalue weighted by atomic mass is 10.2. The smallest absolute Gasteiger partial charge is 0.263 e. The lowest BCUT2D eigenvalue weighted by Gasteiger charge is -2.12. The fraction of sp³-hybridized carbons (Fsp3) is 0.727. The van der Waals surface area contributed by atoms with E-state index >= 15 is 0 Å². The van der Waals surface area contributed by atoms with Crippen molar-refractivity contribution in [2.45, 2.75) is 37.9 Å². The number of hydrogen-bond donors (Lipinski definition) is 2. The van der Waals surface area contributed by atoms with E-state index < -0.39 is 6.10 Å². The van der Waals surface area contributed by atoms with E-state index in [1.54, 1.807) is 0 Å². The number of hydrogen-bond acceptors (Lipinski definition) is 4. The minimum atomic E-state index is -0.410. The van der Waals surface area contributed by atoms with Crippen LogP contribution in [0.1, 0.15) is 25.7 Å². The summed E-state index contributed by atoms with van der Waals surface area (Å²) in [6, 6.07) is 0. The first-order valence-electron chi connectivity index (χ1n) is 5.62. The van der Waals surface area contributed by atoms with Gasteiger partial charge in [-0.15, -0.1) is 6.58 Å². The van der Waals surface area contributed by atoms with Crippen LogP contribution in [0.5, 0.6) is 0 Å². The third kappa shape index (κ3) is 4.30. The highest BCUT2D eigenvalue weighted by molar-refractivity contribution is 5.80. The first-order chi connectivity index (χ1) is 7.77. The molecule has 2 atom stereocenters. The van der Waals surface area contributed by atoms with Gasteiger partial charge in [0.15, 0.2) is 0 Å². The molecule has 3 N–H and O–H groups in total. The van der Waals surface area contributed by atoms with Gasteiger partial charge < -0.3 is 9.47 Å². The van der Waals surface area contributed by atoms with Gasteiger partial charge in [-0.05, 0) is 25.7 Å². The lowest BCUT2D eigenvalue weighted by molar-refractivity contribution is -0.133. The fourth-order valence-corrected chi connectivity index (χ4v) is 1.66. The minimum Gasteiger partial charge on any atom is -0.379 e. The number of allylic oxidation sites excluding steroid dienone is 1. The zero-order valence-corrected chi connectivity index (χ0v) is 9.48. The Morgan fingerprint density at radius 2 is 2.44 bits per heavy atom. The molecule has 0 radical (unpaired) electrons. The number of nitrogens with one attached hydrogen (secondary N) is 1. The van der Waals surface area contributed by atoms with Crippen LogP contribution < -0.4 is 11.3 Å². The van der Waals surface area contributed by atoms with Crippen LogP contribution in [-0.4, -0.2) is 31.3 Å². The summed E-state index contributed by atoms with van der Waals surface area (Å²) in [5, 5.41) is 0. The molecule has 0 aromatic rings. The van der Waals surface area contributed by atoms with Crippen LogP contribution in [0.3, 0.4) is 0 Å². The molecular weight excluding hydrogens is 208 g/mol. The molecule has 0 bridgehead atoms. The van der Waals surface area contributed by atoms with Crippen LogP contribution in [0, 0.1) is 0 Å². The Morgan fingerprint density at radius 3 is 3.12 bits per heavy atom. The Morgan fingerprint density at radius 1 is 1.62 bits per heavy atom. The van der Waals surface area contributed by atoms with Crippen molar-refractivity contribution >= 4 is 5.91 Å². The largest absolute Gasteiger partial charge is 0.379 e. The molecule has 0 saturated carbocycles. The van der Waals surface area contributed by atoms with Crippen LogP contribution in [0.25, 0.3) is 0 Å². The van der Waals surface area contributed by atoms with Crippen LogP contribution in [0.2, 0.25) is 0 Å². The molecule has 92 valence electrons. The van der Waals surface area contributed by atoms with Gasteiger partial charge in [0.1, 0.15) is 6.10 Å². The third-order valence-electron chi connectivity index (χ3n) is 2.54. The van der Waals surface area contributed by atoms with Gasteiger partial charge in [-0.1, -0.05) is 6.08 Å². The SMILES string of the molecule is C=CCCCOCC1CCC(C(=O)NN)O1. The minimum absolute atomic E-state index is 0.0195. The van der Waals surface area contributed by atoms with E-state index in [1.807, 2.05) is 6.08 Å². The van der Waals surface area contributed by atoms with E-state index in [-0.39, 0.29) is 12.0 Å². The van der Waals surface area contributed by atoms with Crippen LogP contribution in [-0.2, 0) is 14.3 Å². The first-order valence-corrected chi connectivity index (χ1v) is 5.62. The summed E-state index contributed by atoms with van der Waals surface area (Å²) < 4.78 is 10.9. The predicted molar refractivity (Wildman–Crippen MR) is 60.5 cm³/mol. The molecule has 2 unspecified atom stereocenters. The van der Waals surface area contributed by atoms with Crippen LogP contribution in [0.4, 0.5) is 0 Å².